The van der Waals surface area contributed by atoms with Crippen molar-refractivity contribution in [2.45, 2.75) is 60.5 Å². The maximum atomic E-state index is 12.1. The molecule has 4 nitrogen and oxygen atoms in total. The van der Waals surface area contributed by atoms with Crippen molar-refractivity contribution in [2.24, 2.45) is 10.8 Å². The van der Waals surface area contributed by atoms with Crippen molar-refractivity contribution in [1.29, 1.82) is 0 Å². The largest absolute Gasteiger partial charge is 0.384 e. The number of anilines is 1. The predicted molar refractivity (Wildman–Crippen MR) is 105 cm³/mol. The number of hydrogen-bond donors (Lipinski definition) is 1. The van der Waals surface area contributed by atoms with E-state index in [0.29, 0.717) is 0 Å². The molecule has 2 rings (SSSR count). The lowest BCUT2D eigenvalue weighted by Gasteiger charge is -2.55. The highest BCUT2D eigenvalue weighted by Crippen LogP contribution is 2.55. The number of allylic oxidation sites excluding steroid dienone is 2. The molecule has 0 aliphatic heterocycles. The molecule has 1 unspecified atom stereocenters. The van der Waals surface area contributed by atoms with Crippen LogP contribution in [0.15, 0.2) is 53.8 Å². The third-order valence-electron chi connectivity index (χ3n) is 5.38. The summed E-state index contributed by atoms with van der Waals surface area (Å²) in [5, 5.41) is 13.3. The van der Waals surface area contributed by atoms with Crippen LogP contribution >= 0.6 is 0 Å². The topological polar surface area (TPSA) is 49.8 Å². The minimum Gasteiger partial charge on any atom is -0.384 e. The molecule has 0 saturated heterocycles. The van der Waals surface area contributed by atoms with Gasteiger partial charge in [-0.25, -0.2) is 4.79 Å². The fourth-order valence-corrected chi connectivity index (χ4v) is 4.03. The predicted octanol–water partition coefficient (Wildman–Crippen LogP) is 5.01. The molecule has 1 aliphatic rings. The van der Waals surface area contributed by atoms with Crippen molar-refractivity contribution in [2.75, 3.05) is 5.06 Å². The molecule has 0 saturated carbocycles. The monoisotopic (exact) mass is 357 g/mol. The van der Waals surface area contributed by atoms with E-state index in [1.54, 1.807) is 12.0 Å². The molecule has 26 heavy (non-hydrogen) atoms. The van der Waals surface area contributed by atoms with Crippen LogP contribution in [0.2, 0.25) is 0 Å². The molecular formula is C22H31NO3. The molecule has 0 heterocycles. The van der Waals surface area contributed by atoms with E-state index in [1.165, 1.54) is 0 Å². The zero-order chi connectivity index (χ0) is 19.8. The molecule has 142 valence electrons. The molecule has 0 spiro atoms. The first-order chi connectivity index (χ1) is 12.0. The molecule has 0 fully saturated rings. The second kappa shape index (κ2) is 6.92. The fraction of sp³-hybridized carbons (Fsp3) is 0.500. The molecular weight excluding hydrogens is 326 g/mol. The van der Waals surface area contributed by atoms with E-state index < -0.39 is 16.4 Å². The third kappa shape index (κ3) is 3.18. The van der Waals surface area contributed by atoms with Crippen LogP contribution in [-0.2, 0) is 9.63 Å². The van der Waals surface area contributed by atoms with Crippen LogP contribution in [0, 0.1) is 10.8 Å². The second-order valence-corrected chi connectivity index (χ2v) is 8.43. The number of benzene rings is 1. The lowest BCUT2D eigenvalue weighted by molar-refractivity contribution is -0.146. The molecule has 1 aliphatic carbocycles. The van der Waals surface area contributed by atoms with Gasteiger partial charge in [-0.1, -0.05) is 65.8 Å². The Morgan fingerprint density at radius 3 is 2.23 bits per heavy atom. The van der Waals surface area contributed by atoms with Gasteiger partial charge in [0.15, 0.2) is 0 Å². The van der Waals surface area contributed by atoms with E-state index in [-0.39, 0.29) is 12.4 Å². The summed E-state index contributed by atoms with van der Waals surface area (Å²) < 4.78 is 0. The average molecular weight is 357 g/mol. The van der Waals surface area contributed by atoms with E-state index >= 15 is 0 Å². The summed E-state index contributed by atoms with van der Waals surface area (Å²) in [4.78, 5) is 17.8. The Labute approximate surface area is 157 Å². The molecule has 1 aromatic carbocycles. The minimum absolute atomic E-state index is 0.273. The van der Waals surface area contributed by atoms with Gasteiger partial charge >= 0.3 is 5.97 Å². The van der Waals surface area contributed by atoms with Crippen LogP contribution in [0.1, 0.15) is 54.9 Å². The van der Waals surface area contributed by atoms with Gasteiger partial charge in [-0.05, 0) is 36.1 Å². The van der Waals surface area contributed by atoms with E-state index in [2.05, 4.69) is 0 Å². The maximum Gasteiger partial charge on any atom is 0.332 e. The normalized spacial score (nSPS) is 22.3. The number of carbonyl (C=O) groups is 1. The lowest BCUT2D eigenvalue weighted by Crippen LogP contribution is -2.59. The Balaban J connectivity index is 2.63. The quantitative estimate of drug-likeness (QED) is 0.770. The van der Waals surface area contributed by atoms with Crippen molar-refractivity contribution >= 4 is 11.7 Å². The standard InChI is InChI=1S/C22H31NO3/c1-8-19(24)26-23(17-12-10-9-11-13-17)18-15-14-16(2)22(25,20(3,4)5)21(18,6)7/h9-15,25H,8H2,1-7H3. The van der Waals surface area contributed by atoms with Crippen LogP contribution in [-0.4, -0.2) is 16.7 Å². The first-order valence-corrected chi connectivity index (χ1v) is 9.14. The Bertz CT molecular complexity index is 726. The van der Waals surface area contributed by atoms with Crippen LogP contribution in [0.4, 0.5) is 5.69 Å². The van der Waals surface area contributed by atoms with Crippen LogP contribution in [0.3, 0.4) is 0 Å². The number of nitrogens with zero attached hydrogens (tertiary/aromatic N) is 1. The molecule has 4 heteroatoms. The molecule has 1 atom stereocenters. The molecule has 0 bridgehead atoms. The zero-order valence-electron chi connectivity index (χ0n) is 17.0. The molecule has 0 aromatic heterocycles. The van der Waals surface area contributed by atoms with Gasteiger partial charge in [-0.15, -0.1) is 0 Å². The molecule has 0 radical (unpaired) electrons. The average Bonchev–Trinajstić information content (AvgIpc) is 2.58. The summed E-state index contributed by atoms with van der Waals surface area (Å²) in [6.45, 7) is 13.8. The molecule has 1 N–H and O–H groups in total. The van der Waals surface area contributed by atoms with Crippen molar-refractivity contribution in [1.82, 2.24) is 0 Å². The van der Waals surface area contributed by atoms with E-state index in [0.717, 1.165) is 17.0 Å². The zero-order valence-corrected chi connectivity index (χ0v) is 17.0. The number of hydroxylamine groups is 1. The van der Waals surface area contributed by atoms with Crippen LogP contribution in [0.5, 0.6) is 0 Å². The number of carbonyl (C=O) groups excluding carboxylic acids is 1. The third-order valence-corrected chi connectivity index (χ3v) is 5.38. The van der Waals surface area contributed by atoms with Gasteiger partial charge in [0.2, 0.25) is 0 Å². The van der Waals surface area contributed by atoms with Gasteiger partial charge in [0.25, 0.3) is 0 Å². The maximum absolute atomic E-state index is 12.1. The highest BCUT2D eigenvalue weighted by Gasteiger charge is 2.57. The van der Waals surface area contributed by atoms with Crippen molar-refractivity contribution < 1.29 is 14.7 Å². The summed E-state index contributed by atoms with van der Waals surface area (Å²) in [7, 11) is 0. The van der Waals surface area contributed by atoms with Crippen molar-refractivity contribution in [3.63, 3.8) is 0 Å². The Morgan fingerprint density at radius 2 is 1.73 bits per heavy atom. The van der Waals surface area contributed by atoms with E-state index in [4.69, 9.17) is 4.84 Å². The highest BCUT2D eigenvalue weighted by molar-refractivity contribution is 5.71. The van der Waals surface area contributed by atoms with Gasteiger partial charge in [-0.3, -0.25) is 0 Å². The number of para-hydroxylation sites is 1. The van der Waals surface area contributed by atoms with E-state index in [9.17, 15) is 9.90 Å². The first kappa shape index (κ1) is 20.2. The van der Waals surface area contributed by atoms with Gasteiger partial charge in [0.05, 0.1) is 11.4 Å². The number of hydrogen-bond acceptors (Lipinski definition) is 4. The summed E-state index contributed by atoms with van der Waals surface area (Å²) in [5.74, 6) is -0.323. The first-order valence-electron chi connectivity index (χ1n) is 9.14. The van der Waals surface area contributed by atoms with Crippen LogP contribution < -0.4 is 5.06 Å². The summed E-state index contributed by atoms with van der Waals surface area (Å²) >= 11 is 0. The Hall–Kier alpha value is -2.07. The van der Waals surface area contributed by atoms with Gasteiger partial charge in [0, 0.05) is 11.8 Å². The van der Waals surface area contributed by atoms with Gasteiger partial charge in [-0.2, -0.15) is 5.06 Å². The van der Waals surface area contributed by atoms with Crippen molar-refractivity contribution in [3.05, 3.63) is 53.8 Å². The van der Waals surface area contributed by atoms with Crippen molar-refractivity contribution in [3.8, 4) is 0 Å². The van der Waals surface area contributed by atoms with E-state index in [1.807, 2.05) is 84.0 Å². The lowest BCUT2D eigenvalue weighted by atomic mass is 9.56. The fourth-order valence-electron chi connectivity index (χ4n) is 4.03. The highest BCUT2D eigenvalue weighted by atomic mass is 16.7. The summed E-state index contributed by atoms with van der Waals surface area (Å²) in [6, 6.07) is 9.49. The Kier molecular flexibility index (Phi) is 5.39. The SMILES string of the molecule is CCC(=O)ON(C1=CC=C(C)C(O)(C(C)(C)C)C1(C)C)c1ccccc1. The second-order valence-electron chi connectivity index (χ2n) is 8.43. The number of rotatable bonds is 4. The minimum atomic E-state index is -1.10. The van der Waals surface area contributed by atoms with Gasteiger partial charge in [0.1, 0.15) is 5.60 Å². The molecule has 0 amide bonds. The summed E-state index contributed by atoms with van der Waals surface area (Å²) in [6.07, 6.45) is 4.13. The summed E-state index contributed by atoms with van der Waals surface area (Å²) in [5.41, 5.74) is 0.192. The smallest absolute Gasteiger partial charge is 0.332 e. The number of aliphatic hydroxyl groups is 1. The van der Waals surface area contributed by atoms with Crippen LogP contribution in [0.25, 0.3) is 0 Å². The Morgan fingerprint density at radius 1 is 1.15 bits per heavy atom. The van der Waals surface area contributed by atoms with Gasteiger partial charge < -0.3 is 9.94 Å². The molecule has 1 aromatic rings.